The Kier molecular flexibility index (Phi) is 4.09. The second-order valence-electron chi connectivity index (χ2n) is 6.09. The SMILES string of the molecule is CN(C)C(=O)N1CCN(C(=O)c2ccsc2)[C@H]2CS(=O)(=O)C[C@H]21. The van der Waals surface area contributed by atoms with Gasteiger partial charge in [-0.05, 0) is 11.4 Å². The number of hydrogen-bond acceptors (Lipinski definition) is 5. The molecule has 126 valence electrons. The van der Waals surface area contributed by atoms with Crippen molar-refractivity contribution in [1.82, 2.24) is 14.7 Å². The first-order chi connectivity index (χ1) is 10.8. The van der Waals surface area contributed by atoms with E-state index in [1.807, 2.05) is 5.38 Å². The van der Waals surface area contributed by atoms with Crippen molar-refractivity contribution in [2.24, 2.45) is 0 Å². The summed E-state index contributed by atoms with van der Waals surface area (Å²) in [4.78, 5) is 29.6. The minimum Gasteiger partial charge on any atom is -0.331 e. The zero-order chi connectivity index (χ0) is 16.8. The molecule has 7 nitrogen and oxygen atoms in total. The molecule has 3 rings (SSSR count). The van der Waals surface area contributed by atoms with E-state index in [9.17, 15) is 18.0 Å². The Morgan fingerprint density at radius 3 is 2.35 bits per heavy atom. The quantitative estimate of drug-likeness (QED) is 0.727. The molecule has 9 heteroatoms. The zero-order valence-corrected chi connectivity index (χ0v) is 14.6. The Labute approximate surface area is 139 Å². The van der Waals surface area contributed by atoms with Crippen molar-refractivity contribution in [3.63, 3.8) is 0 Å². The monoisotopic (exact) mass is 357 g/mol. The maximum Gasteiger partial charge on any atom is 0.319 e. The van der Waals surface area contributed by atoms with Gasteiger partial charge in [-0.3, -0.25) is 4.79 Å². The van der Waals surface area contributed by atoms with Crippen LogP contribution in [0.4, 0.5) is 4.79 Å². The van der Waals surface area contributed by atoms with E-state index in [1.165, 1.54) is 16.2 Å². The number of thiophene rings is 1. The van der Waals surface area contributed by atoms with Crippen LogP contribution in [0.3, 0.4) is 0 Å². The zero-order valence-electron chi connectivity index (χ0n) is 13.0. The van der Waals surface area contributed by atoms with Crippen molar-refractivity contribution in [1.29, 1.82) is 0 Å². The van der Waals surface area contributed by atoms with Crippen LogP contribution in [0.5, 0.6) is 0 Å². The van der Waals surface area contributed by atoms with Gasteiger partial charge in [0, 0.05) is 32.6 Å². The molecule has 0 saturated carbocycles. The Hall–Kier alpha value is -1.61. The van der Waals surface area contributed by atoms with Gasteiger partial charge in [0.15, 0.2) is 9.84 Å². The van der Waals surface area contributed by atoms with Gasteiger partial charge in [0.2, 0.25) is 0 Å². The van der Waals surface area contributed by atoms with Crippen LogP contribution in [-0.4, -0.2) is 85.8 Å². The summed E-state index contributed by atoms with van der Waals surface area (Å²) >= 11 is 1.43. The number of urea groups is 1. The summed E-state index contributed by atoms with van der Waals surface area (Å²) in [6, 6.07) is 0.596. The van der Waals surface area contributed by atoms with Gasteiger partial charge in [-0.25, -0.2) is 13.2 Å². The number of amides is 3. The Morgan fingerprint density at radius 1 is 1.17 bits per heavy atom. The number of piperazine rings is 1. The summed E-state index contributed by atoms with van der Waals surface area (Å²) in [7, 11) is 0.0252. The van der Waals surface area contributed by atoms with E-state index in [0.29, 0.717) is 18.7 Å². The molecule has 0 unspecified atom stereocenters. The van der Waals surface area contributed by atoms with Gasteiger partial charge in [-0.1, -0.05) is 0 Å². The molecule has 2 aliphatic heterocycles. The van der Waals surface area contributed by atoms with Crippen LogP contribution in [0.15, 0.2) is 16.8 Å². The predicted octanol–water partition coefficient (Wildman–Crippen LogP) is 0.353. The summed E-state index contributed by atoms with van der Waals surface area (Å²) < 4.78 is 24.2. The van der Waals surface area contributed by atoms with Gasteiger partial charge >= 0.3 is 6.03 Å². The van der Waals surface area contributed by atoms with E-state index in [4.69, 9.17) is 0 Å². The topological polar surface area (TPSA) is 78.0 Å². The van der Waals surface area contributed by atoms with Gasteiger partial charge in [0.05, 0.1) is 29.2 Å². The van der Waals surface area contributed by atoms with Crippen molar-refractivity contribution in [3.05, 3.63) is 22.4 Å². The number of sulfone groups is 1. The summed E-state index contributed by atoms with van der Waals surface area (Å²) in [5.41, 5.74) is 0.574. The van der Waals surface area contributed by atoms with E-state index in [0.717, 1.165) is 0 Å². The molecule has 3 amide bonds. The van der Waals surface area contributed by atoms with Crippen LogP contribution < -0.4 is 0 Å². The molecule has 2 atom stereocenters. The largest absolute Gasteiger partial charge is 0.331 e. The van der Waals surface area contributed by atoms with Gasteiger partial charge in [-0.15, -0.1) is 0 Å². The highest BCUT2D eigenvalue weighted by molar-refractivity contribution is 7.91. The Balaban J connectivity index is 1.90. The molecule has 0 radical (unpaired) electrons. The first kappa shape index (κ1) is 16.3. The van der Waals surface area contributed by atoms with Crippen LogP contribution in [0.1, 0.15) is 10.4 Å². The van der Waals surface area contributed by atoms with Crippen LogP contribution in [0.25, 0.3) is 0 Å². The summed E-state index contributed by atoms with van der Waals surface area (Å²) in [5.74, 6) is -0.314. The van der Waals surface area contributed by atoms with E-state index in [-0.39, 0.29) is 23.4 Å². The third kappa shape index (κ3) is 2.94. The fourth-order valence-electron chi connectivity index (χ4n) is 3.25. The molecule has 23 heavy (non-hydrogen) atoms. The fraction of sp³-hybridized carbons (Fsp3) is 0.571. The first-order valence-electron chi connectivity index (χ1n) is 7.31. The maximum atomic E-state index is 12.6. The van der Waals surface area contributed by atoms with E-state index >= 15 is 0 Å². The molecule has 2 aliphatic rings. The lowest BCUT2D eigenvalue weighted by molar-refractivity contribution is 0.0394. The summed E-state index contributed by atoms with van der Waals surface area (Å²) in [6.45, 7) is 0.703. The van der Waals surface area contributed by atoms with E-state index < -0.39 is 21.9 Å². The third-order valence-corrected chi connectivity index (χ3v) is 6.72. The molecular formula is C14H19N3O4S2. The smallest absolute Gasteiger partial charge is 0.319 e. The molecule has 2 fully saturated rings. The van der Waals surface area contributed by atoms with Gasteiger partial charge in [0.1, 0.15) is 0 Å². The highest BCUT2D eigenvalue weighted by Gasteiger charge is 2.49. The van der Waals surface area contributed by atoms with E-state index in [1.54, 1.807) is 35.3 Å². The maximum absolute atomic E-state index is 12.6. The normalized spacial score (nSPS) is 26.0. The third-order valence-electron chi connectivity index (χ3n) is 4.33. The summed E-state index contributed by atoms with van der Waals surface area (Å²) in [6.07, 6.45) is 0. The molecule has 0 bridgehead atoms. The van der Waals surface area contributed by atoms with Crippen molar-refractivity contribution in [2.75, 3.05) is 38.7 Å². The van der Waals surface area contributed by atoms with Crippen molar-refractivity contribution in [2.45, 2.75) is 12.1 Å². The summed E-state index contributed by atoms with van der Waals surface area (Å²) in [5, 5.41) is 3.58. The van der Waals surface area contributed by atoms with Crippen LogP contribution in [0.2, 0.25) is 0 Å². The minimum atomic E-state index is -3.26. The van der Waals surface area contributed by atoms with Crippen LogP contribution in [0, 0.1) is 0 Å². The van der Waals surface area contributed by atoms with Gasteiger partial charge in [-0.2, -0.15) is 11.3 Å². The standard InChI is InChI=1S/C14H19N3O4S2/c1-15(2)14(19)17-5-4-16(13(18)10-3-6-22-7-10)11-8-23(20,21)9-12(11)17/h3,6-7,11-12H,4-5,8-9H2,1-2H3/t11-,12+/m0/s1. The Bertz CT molecular complexity index is 714. The number of carbonyl (C=O) groups is 2. The second kappa shape index (κ2) is 5.79. The van der Waals surface area contributed by atoms with Crippen LogP contribution in [-0.2, 0) is 9.84 Å². The Morgan fingerprint density at radius 2 is 1.78 bits per heavy atom. The lowest BCUT2D eigenvalue weighted by Crippen LogP contribution is -2.63. The number of carbonyl (C=O) groups excluding carboxylic acids is 2. The highest BCUT2D eigenvalue weighted by atomic mass is 32.2. The minimum absolute atomic E-state index is 0.0786. The van der Waals surface area contributed by atoms with Crippen LogP contribution >= 0.6 is 11.3 Å². The van der Waals surface area contributed by atoms with Gasteiger partial charge < -0.3 is 14.7 Å². The fourth-order valence-corrected chi connectivity index (χ4v) is 5.86. The molecule has 1 aromatic rings. The molecule has 0 N–H and O–H groups in total. The second-order valence-corrected chi connectivity index (χ2v) is 9.03. The van der Waals surface area contributed by atoms with Crippen molar-refractivity contribution >= 4 is 33.1 Å². The number of nitrogens with zero attached hydrogens (tertiary/aromatic N) is 3. The first-order valence-corrected chi connectivity index (χ1v) is 10.1. The average molecular weight is 357 g/mol. The molecule has 0 aliphatic carbocycles. The predicted molar refractivity (Wildman–Crippen MR) is 87.4 cm³/mol. The number of rotatable bonds is 1. The molecule has 3 heterocycles. The number of fused-ring (bicyclic) bond motifs is 1. The highest BCUT2D eigenvalue weighted by Crippen LogP contribution is 2.29. The molecular weight excluding hydrogens is 338 g/mol. The van der Waals surface area contributed by atoms with Crippen molar-refractivity contribution < 1.29 is 18.0 Å². The lowest BCUT2D eigenvalue weighted by atomic mass is 10.0. The lowest BCUT2D eigenvalue weighted by Gasteiger charge is -2.44. The van der Waals surface area contributed by atoms with Crippen molar-refractivity contribution in [3.8, 4) is 0 Å². The van der Waals surface area contributed by atoms with E-state index in [2.05, 4.69) is 0 Å². The molecule has 0 spiro atoms. The average Bonchev–Trinajstić information content (AvgIpc) is 3.10. The molecule has 0 aromatic carbocycles. The number of hydrogen-bond donors (Lipinski definition) is 0. The molecule has 1 aromatic heterocycles. The van der Waals surface area contributed by atoms with Gasteiger partial charge in [0.25, 0.3) is 5.91 Å². The molecule has 2 saturated heterocycles.